The van der Waals surface area contributed by atoms with Crippen LogP contribution in [0.5, 0.6) is 0 Å². The molecular formula is C8H12BrNO3S2. The van der Waals surface area contributed by atoms with Crippen molar-refractivity contribution in [3.8, 4) is 0 Å². The minimum Gasteiger partial charge on any atom is -0.395 e. The van der Waals surface area contributed by atoms with Gasteiger partial charge in [0, 0.05) is 10.5 Å². The van der Waals surface area contributed by atoms with Crippen molar-refractivity contribution in [2.75, 3.05) is 6.61 Å². The molecule has 0 saturated heterocycles. The average molecular weight is 314 g/mol. The first-order valence-corrected chi connectivity index (χ1v) is 7.53. The van der Waals surface area contributed by atoms with E-state index >= 15 is 0 Å². The van der Waals surface area contributed by atoms with E-state index in [4.69, 9.17) is 5.11 Å². The third-order valence-corrected chi connectivity index (χ3v) is 6.05. The predicted octanol–water partition coefficient (Wildman–Crippen LogP) is 1.56. The number of hydrogen-bond acceptors (Lipinski definition) is 4. The molecule has 0 saturated carbocycles. The predicted molar refractivity (Wildman–Crippen MR) is 63.5 cm³/mol. The lowest BCUT2D eigenvalue weighted by atomic mass is 10.3. The van der Waals surface area contributed by atoms with Gasteiger partial charge in [0.05, 0.1) is 6.61 Å². The van der Waals surface area contributed by atoms with Crippen molar-refractivity contribution < 1.29 is 13.5 Å². The fraction of sp³-hybridized carbons (Fsp3) is 0.500. The minimum absolute atomic E-state index is 0.196. The Morgan fingerprint density at radius 1 is 1.67 bits per heavy atom. The molecule has 0 aliphatic rings. The second-order valence-electron chi connectivity index (χ2n) is 2.97. The van der Waals surface area contributed by atoms with Gasteiger partial charge in [0.1, 0.15) is 4.21 Å². The van der Waals surface area contributed by atoms with Crippen molar-refractivity contribution >= 4 is 37.3 Å². The molecule has 1 aromatic rings. The summed E-state index contributed by atoms with van der Waals surface area (Å²) >= 11 is 4.31. The van der Waals surface area contributed by atoms with Gasteiger partial charge in [-0.05, 0) is 33.8 Å². The van der Waals surface area contributed by atoms with Crippen LogP contribution in [0.15, 0.2) is 20.1 Å². The van der Waals surface area contributed by atoms with Gasteiger partial charge in [0.2, 0.25) is 0 Å². The highest BCUT2D eigenvalue weighted by atomic mass is 79.9. The molecule has 0 unspecified atom stereocenters. The third kappa shape index (κ3) is 3.25. The molecule has 7 heteroatoms. The lowest BCUT2D eigenvalue weighted by Gasteiger charge is -2.13. The highest BCUT2D eigenvalue weighted by Gasteiger charge is 2.22. The zero-order valence-corrected chi connectivity index (χ0v) is 11.3. The molecule has 86 valence electrons. The van der Waals surface area contributed by atoms with Gasteiger partial charge in [-0.15, -0.1) is 11.3 Å². The lowest BCUT2D eigenvalue weighted by Crippen LogP contribution is -2.36. The Balaban J connectivity index is 2.90. The zero-order chi connectivity index (χ0) is 11.5. The largest absolute Gasteiger partial charge is 0.395 e. The van der Waals surface area contributed by atoms with Crippen molar-refractivity contribution in [2.45, 2.75) is 23.6 Å². The normalized spacial score (nSPS) is 14.1. The first kappa shape index (κ1) is 13.1. The highest BCUT2D eigenvalue weighted by molar-refractivity contribution is 9.10. The summed E-state index contributed by atoms with van der Waals surface area (Å²) in [5, 5.41) is 10.6. The maximum atomic E-state index is 11.8. The summed E-state index contributed by atoms with van der Waals surface area (Å²) in [7, 11) is -3.51. The Morgan fingerprint density at radius 3 is 2.73 bits per heavy atom. The molecule has 2 N–H and O–H groups in total. The van der Waals surface area contributed by atoms with E-state index in [9.17, 15) is 8.42 Å². The smallest absolute Gasteiger partial charge is 0.251 e. The van der Waals surface area contributed by atoms with Crippen molar-refractivity contribution in [3.05, 3.63) is 15.9 Å². The van der Waals surface area contributed by atoms with Gasteiger partial charge in [-0.25, -0.2) is 13.1 Å². The monoisotopic (exact) mass is 313 g/mol. The quantitative estimate of drug-likeness (QED) is 0.867. The molecule has 4 nitrogen and oxygen atoms in total. The maximum Gasteiger partial charge on any atom is 0.251 e. The molecule has 0 amide bonds. The summed E-state index contributed by atoms with van der Waals surface area (Å²) in [6, 6.07) is 1.25. The fourth-order valence-electron chi connectivity index (χ4n) is 0.994. The van der Waals surface area contributed by atoms with Crippen molar-refractivity contribution in [2.24, 2.45) is 0 Å². The Morgan fingerprint density at radius 2 is 2.33 bits per heavy atom. The van der Waals surface area contributed by atoms with Crippen molar-refractivity contribution in [3.63, 3.8) is 0 Å². The van der Waals surface area contributed by atoms with Gasteiger partial charge in [-0.2, -0.15) is 0 Å². The first-order chi connectivity index (χ1) is 7.01. The van der Waals surface area contributed by atoms with E-state index in [2.05, 4.69) is 20.7 Å². The number of aliphatic hydroxyl groups is 1. The SMILES string of the molecule is CC[C@H](CO)NS(=O)(=O)c1sccc1Br. The molecule has 1 heterocycles. The summed E-state index contributed by atoms with van der Waals surface area (Å²) < 4.78 is 26.8. The molecule has 1 atom stereocenters. The van der Waals surface area contributed by atoms with Crippen LogP contribution < -0.4 is 4.72 Å². The lowest BCUT2D eigenvalue weighted by molar-refractivity contribution is 0.254. The minimum atomic E-state index is -3.51. The fourth-order valence-corrected chi connectivity index (χ4v) is 4.66. The third-order valence-electron chi connectivity index (χ3n) is 1.86. The Hall–Kier alpha value is 0.0500. The van der Waals surface area contributed by atoms with E-state index < -0.39 is 16.1 Å². The van der Waals surface area contributed by atoms with Crippen LogP contribution in [0.3, 0.4) is 0 Å². The summed E-state index contributed by atoms with van der Waals surface area (Å²) in [6.45, 7) is 1.62. The Labute approximate surface area is 102 Å². The van der Waals surface area contributed by atoms with E-state index in [1.54, 1.807) is 11.4 Å². The van der Waals surface area contributed by atoms with Crippen LogP contribution in [-0.4, -0.2) is 26.2 Å². The standard InChI is InChI=1S/C8H12BrNO3S2/c1-2-6(5-11)10-15(12,13)8-7(9)3-4-14-8/h3-4,6,10-11H,2,5H2,1H3/t6-/m1/s1. The molecule has 0 spiro atoms. The Kier molecular flexibility index (Phi) is 4.72. The van der Waals surface area contributed by atoms with E-state index in [0.29, 0.717) is 10.9 Å². The molecule has 0 bridgehead atoms. The van der Waals surface area contributed by atoms with Crippen LogP contribution in [0.25, 0.3) is 0 Å². The molecule has 0 aliphatic carbocycles. The molecule has 0 radical (unpaired) electrons. The summed E-state index contributed by atoms with van der Waals surface area (Å²) in [4.78, 5) is 0. The van der Waals surface area contributed by atoms with E-state index in [1.807, 2.05) is 6.92 Å². The van der Waals surface area contributed by atoms with Crippen LogP contribution in [-0.2, 0) is 10.0 Å². The summed E-state index contributed by atoms with van der Waals surface area (Å²) in [6.07, 6.45) is 0.554. The number of sulfonamides is 1. The molecule has 15 heavy (non-hydrogen) atoms. The average Bonchev–Trinajstić information content (AvgIpc) is 2.61. The molecule has 0 aliphatic heterocycles. The van der Waals surface area contributed by atoms with Gasteiger partial charge >= 0.3 is 0 Å². The highest BCUT2D eigenvalue weighted by Crippen LogP contribution is 2.27. The molecule has 0 fully saturated rings. The van der Waals surface area contributed by atoms with Crippen LogP contribution in [0.2, 0.25) is 0 Å². The Bertz CT molecular complexity index is 411. The van der Waals surface area contributed by atoms with Crippen LogP contribution in [0.1, 0.15) is 13.3 Å². The van der Waals surface area contributed by atoms with Gasteiger partial charge in [0.15, 0.2) is 0 Å². The van der Waals surface area contributed by atoms with Crippen LogP contribution in [0.4, 0.5) is 0 Å². The van der Waals surface area contributed by atoms with Crippen molar-refractivity contribution in [1.29, 1.82) is 0 Å². The number of nitrogens with one attached hydrogen (secondary N) is 1. The van der Waals surface area contributed by atoms with Crippen LogP contribution >= 0.6 is 27.3 Å². The summed E-state index contributed by atoms with van der Waals surface area (Å²) in [5.74, 6) is 0. The first-order valence-electron chi connectivity index (χ1n) is 4.37. The van der Waals surface area contributed by atoms with Gasteiger partial charge in [-0.1, -0.05) is 6.92 Å². The van der Waals surface area contributed by atoms with Gasteiger partial charge in [-0.3, -0.25) is 0 Å². The van der Waals surface area contributed by atoms with E-state index in [1.165, 1.54) is 0 Å². The van der Waals surface area contributed by atoms with Crippen molar-refractivity contribution in [1.82, 2.24) is 4.72 Å². The molecule has 1 aromatic heterocycles. The number of thiophene rings is 1. The number of hydrogen-bond donors (Lipinski definition) is 2. The van der Waals surface area contributed by atoms with E-state index in [0.717, 1.165) is 11.3 Å². The molecular weight excluding hydrogens is 302 g/mol. The number of halogens is 1. The molecule has 1 rings (SSSR count). The number of rotatable bonds is 5. The number of aliphatic hydroxyl groups excluding tert-OH is 1. The zero-order valence-electron chi connectivity index (χ0n) is 8.10. The second-order valence-corrected chi connectivity index (χ2v) is 6.64. The van der Waals surface area contributed by atoms with E-state index in [-0.39, 0.29) is 10.8 Å². The van der Waals surface area contributed by atoms with Gasteiger partial charge < -0.3 is 5.11 Å². The second kappa shape index (κ2) is 5.40. The van der Waals surface area contributed by atoms with Crippen LogP contribution in [0, 0.1) is 0 Å². The summed E-state index contributed by atoms with van der Waals surface area (Å²) in [5.41, 5.74) is 0. The molecule has 0 aromatic carbocycles. The van der Waals surface area contributed by atoms with Gasteiger partial charge in [0.25, 0.3) is 10.0 Å². The maximum absolute atomic E-state index is 11.8. The topological polar surface area (TPSA) is 66.4 Å².